The summed E-state index contributed by atoms with van der Waals surface area (Å²) in [5.74, 6) is 0.00260. The molecule has 0 bridgehead atoms. The molecule has 0 fully saturated rings. The first-order valence-electron chi connectivity index (χ1n) is 5.03. The fourth-order valence-electron chi connectivity index (χ4n) is 1.28. The molecule has 0 unspecified atom stereocenters. The predicted molar refractivity (Wildman–Crippen MR) is 61.6 cm³/mol. The van der Waals surface area contributed by atoms with Gasteiger partial charge in [-0.25, -0.2) is 0 Å². The fourth-order valence-corrected chi connectivity index (χ4v) is 1.28. The molecule has 0 radical (unpaired) electrons. The summed E-state index contributed by atoms with van der Waals surface area (Å²) >= 11 is 0. The SMILES string of the molecule is CCNC(=O)c1ccc(B(C)C)cc1. The maximum Gasteiger partial charge on any atom is 0.251 e. The van der Waals surface area contributed by atoms with Crippen LogP contribution in [0.3, 0.4) is 0 Å². The van der Waals surface area contributed by atoms with Crippen molar-refractivity contribution in [2.75, 3.05) is 6.54 Å². The summed E-state index contributed by atoms with van der Waals surface area (Å²) in [6.07, 6.45) is 0. The van der Waals surface area contributed by atoms with Crippen molar-refractivity contribution in [2.45, 2.75) is 20.6 Å². The van der Waals surface area contributed by atoms with Crippen LogP contribution in [0.15, 0.2) is 24.3 Å². The number of amides is 1. The van der Waals surface area contributed by atoms with Gasteiger partial charge < -0.3 is 5.32 Å². The lowest BCUT2D eigenvalue weighted by Gasteiger charge is -2.04. The normalized spacial score (nSPS) is 9.64. The molecule has 0 heterocycles. The largest absolute Gasteiger partial charge is 0.352 e. The Balaban J connectivity index is 2.78. The lowest BCUT2D eigenvalue weighted by atomic mass is 9.49. The maximum absolute atomic E-state index is 11.4. The van der Waals surface area contributed by atoms with E-state index >= 15 is 0 Å². The van der Waals surface area contributed by atoms with E-state index in [0.717, 1.165) is 5.56 Å². The van der Waals surface area contributed by atoms with Gasteiger partial charge in [-0.2, -0.15) is 0 Å². The first-order chi connectivity index (χ1) is 6.65. The third-order valence-corrected chi connectivity index (χ3v) is 2.18. The van der Waals surface area contributed by atoms with Gasteiger partial charge in [-0.3, -0.25) is 4.79 Å². The molecule has 1 aromatic rings. The average molecular weight is 189 g/mol. The Kier molecular flexibility index (Phi) is 3.75. The highest BCUT2D eigenvalue weighted by Gasteiger charge is 2.05. The second-order valence-electron chi connectivity index (χ2n) is 3.64. The molecule has 1 N–H and O–H groups in total. The minimum atomic E-state index is 0.00260. The number of carbonyl (C=O) groups excluding carboxylic acids is 1. The highest BCUT2D eigenvalue weighted by atomic mass is 16.1. The van der Waals surface area contributed by atoms with Gasteiger partial charge in [0.1, 0.15) is 0 Å². The molecule has 1 aromatic carbocycles. The molecule has 1 amide bonds. The van der Waals surface area contributed by atoms with E-state index in [-0.39, 0.29) is 5.91 Å². The van der Waals surface area contributed by atoms with Gasteiger partial charge in [0.05, 0.1) is 0 Å². The molecule has 0 aromatic heterocycles. The van der Waals surface area contributed by atoms with Crippen LogP contribution < -0.4 is 10.8 Å². The zero-order chi connectivity index (χ0) is 10.6. The lowest BCUT2D eigenvalue weighted by molar-refractivity contribution is 0.0956. The van der Waals surface area contributed by atoms with Crippen molar-refractivity contribution < 1.29 is 4.79 Å². The molecule has 74 valence electrons. The molecule has 1 rings (SSSR count). The van der Waals surface area contributed by atoms with Crippen LogP contribution >= 0.6 is 0 Å². The van der Waals surface area contributed by atoms with Crippen LogP contribution in [0.4, 0.5) is 0 Å². The Morgan fingerprint density at radius 3 is 2.29 bits per heavy atom. The Morgan fingerprint density at radius 1 is 1.29 bits per heavy atom. The van der Waals surface area contributed by atoms with E-state index in [1.54, 1.807) is 0 Å². The monoisotopic (exact) mass is 189 g/mol. The van der Waals surface area contributed by atoms with Gasteiger partial charge in [-0.1, -0.05) is 31.2 Å². The molecule has 0 saturated carbocycles. The number of nitrogens with one attached hydrogen (secondary N) is 1. The Morgan fingerprint density at radius 2 is 1.86 bits per heavy atom. The van der Waals surface area contributed by atoms with Crippen LogP contribution in [-0.2, 0) is 0 Å². The molecule has 0 aliphatic heterocycles. The number of hydrogen-bond donors (Lipinski definition) is 1. The Bertz CT molecular complexity index is 306. The van der Waals surface area contributed by atoms with Crippen molar-refractivity contribution in [3.05, 3.63) is 29.8 Å². The maximum atomic E-state index is 11.4. The van der Waals surface area contributed by atoms with Gasteiger partial charge in [-0.15, -0.1) is 0 Å². The average Bonchev–Trinajstić information content (AvgIpc) is 2.18. The summed E-state index contributed by atoms with van der Waals surface area (Å²) in [7, 11) is 0. The van der Waals surface area contributed by atoms with Crippen LogP contribution in [0.2, 0.25) is 13.6 Å². The van der Waals surface area contributed by atoms with Crippen LogP contribution in [0.5, 0.6) is 0 Å². The van der Waals surface area contributed by atoms with Gasteiger partial charge in [0.15, 0.2) is 6.71 Å². The van der Waals surface area contributed by atoms with Crippen LogP contribution in [0.25, 0.3) is 0 Å². The number of rotatable bonds is 3. The molecule has 0 saturated heterocycles. The smallest absolute Gasteiger partial charge is 0.251 e. The van der Waals surface area contributed by atoms with E-state index in [9.17, 15) is 4.79 Å². The van der Waals surface area contributed by atoms with Crippen molar-refractivity contribution in [3.63, 3.8) is 0 Å². The third-order valence-electron chi connectivity index (χ3n) is 2.18. The predicted octanol–water partition coefficient (Wildman–Crippen LogP) is 1.40. The summed E-state index contributed by atoms with van der Waals surface area (Å²) in [4.78, 5) is 11.4. The van der Waals surface area contributed by atoms with Gasteiger partial charge >= 0.3 is 0 Å². The lowest BCUT2D eigenvalue weighted by Crippen LogP contribution is -2.25. The highest BCUT2D eigenvalue weighted by Crippen LogP contribution is 1.97. The third kappa shape index (κ3) is 2.62. The van der Waals surface area contributed by atoms with Gasteiger partial charge in [-0.05, 0) is 19.1 Å². The Hall–Kier alpha value is -1.25. The highest BCUT2D eigenvalue weighted by molar-refractivity contribution is 6.70. The van der Waals surface area contributed by atoms with Crippen LogP contribution in [-0.4, -0.2) is 19.2 Å². The standard InChI is InChI=1S/C11H16BNO/c1-4-13-11(14)9-5-7-10(8-6-9)12(2)3/h5-8H,4H2,1-3H3,(H,13,14). The van der Waals surface area contributed by atoms with Crippen molar-refractivity contribution in [2.24, 2.45) is 0 Å². The first-order valence-corrected chi connectivity index (χ1v) is 5.03. The summed E-state index contributed by atoms with van der Waals surface area (Å²) in [6.45, 7) is 7.38. The number of carbonyl (C=O) groups is 1. The summed E-state index contributed by atoms with van der Waals surface area (Å²) < 4.78 is 0. The minimum absolute atomic E-state index is 0.00260. The molecule has 0 spiro atoms. The van der Waals surface area contributed by atoms with Gasteiger partial charge in [0.2, 0.25) is 0 Å². The second-order valence-corrected chi connectivity index (χ2v) is 3.64. The van der Waals surface area contributed by atoms with Crippen molar-refractivity contribution in [1.82, 2.24) is 5.32 Å². The van der Waals surface area contributed by atoms with E-state index in [2.05, 4.69) is 19.0 Å². The van der Waals surface area contributed by atoms with Gasteiger partial charge in [0.25, 0.3) is 5.91 Å². The molecular formula is C11H16BNO. The molecule has 3 heteroatoms. The fraction of sp³-hybridized carbons (Fsp3) is 0.364. The first kappa shape index (κ1) is 10.8. The van der Waals surface area contributed by atoms with Crippen LogP contribution in [0.1, 0.15) is 17.3 Å². The summed E-state index contributed by atoms with van der Waals surface area (Å²) in [6, 6.07) is 7.77. The van der Waals surface area contributed by atoms with Crippen molar-refractivity contribution in [1.29, 1.82) is 0 Å². The molecule has 2 nitrogen and oxygen atoms in total. The van der Waals surface area contributed by atoms with Gasteiger partial charge in [0, 0.05) is 12.1 Å². The molecule has 0 atom stereocenters. The van der Waals surface area contributed by atoms with E-state index < -0.39 is 0 Å². The molecular weight excluding hydrogens is 173 g/mol. The summed E-state index contributed by atoms with van der Waals surface area (Å²) in [5, 5.41) is 2.77. The quantitative estimate of drug-likeness (QED) is 0.715. The zero-order valence-corrected chi connectivity index (χ0v) is 9.00. The second kappa shape index (κ2) is 4.84. The topological polar surface area (TPSA) is 29.1 Å². The zero-order valence-electron chi connectivity index (χ0n) is 9.00. The molecule has 0 aliphatic carbocycles. The van der Waals surface area contributed by atoms with E-state index in [4.69, 9.17) is 0 Å². The van der Waals surface area contributed by atoms with E-state index in [0.29, 0.717) is 13.3 Å². The number of benzene rings is 1. The molecule has 0 aliphatic rings. The molecule has 14 heavy (non-hydrogen) atoms. The van der Waals surface area contributed by atoms with Crippen molar-refractivity contribution in [3.8, 4) is 0 Å². The summed E-state index contributed by atoms with van der Waals surface area (Å²) in [5.41, 5.74) is 1.99. The van der Waals surface area contributed by atoms with E-state index in [1.807, 2.05) is 31.2 Å². The Labute approximate surface area is 85.8 Å². The number of hydrogen-bond acceptors (Lipinski definition) is 1. The van der Waals surface area contributed by atoms with E-state index in [1.165, 1.54) is 5.46 Å². The minimum Gasteiger partial charge on any atom is -0.352 e. The van der Waals surface area contributed by atoms with Crippen molar-refractivity contribution >= 4 is 18.1 Å². The van der Waals surface area contributed by atoms with Crippen LogP contribution in [0, 0.1) is 0 Å².